The summed E-state index contributed by atoms with van der Waals surface area (Å²) in [6.45, 7) is 4.36. The van der Waals surface area contributed by atoms with Crippen LogP contribution in [-0.2, 0) is 22.4 Å². The minimum Gasteiger partial charge on any atom is -0.616 e. The highest BCUT2D eigenvalue weighted by Gasteiger charge is 2.57. The maximum atomic E-state index is 13.1. The third-order valence-electron chi connectivity index (χ3n) is 13.1. The van der Waals surface area contributed by atoms with Crippen molar-refractivity contribution >= 4 is 29.6 Å². The lowest BCUT2D eigenvalue weighted by Gasteiger charge is -2.53. The molecule has 298 valence electrons. The first-order valence-electron chi connectivity index (χ1n) is 19.7. The van der Waals surface area contributed by atoms with Gasteiger partial charge in [0.25, 0.3) is 0 Å². The number of likely N-dealkylation sites (tertiary alicyclic amines) is 1. The molecule has 1 aromatic rings. The van der Waals surface area contributed by atoms with Crippen molar-refractivity contribution in [2.75, 3.05) is 31.6 Å². The molecular formula is C40H61ClF5NO4S. The van der Waals surface area contributed by atoms with E-state index in [2.05, 4.69) is 31.0 Å². The lowest BCUT2D eigenvalue weighted by atomic mass is 9.52. The number of aliphatic hydroxyl groups excluding tert-OH is 1. The largest absolute Gasteiger partial charge is 0.616 e. The molecule has 1 saturated heterocycles. The highest BCUT2D eigenvalue weighted by atomic mass is 35.5. The van der Waals surface area contributed by atoms with Gasteiger partial charge in [0.15, 0.2) is 0 Å². The minimum absolute atomic E-state index is 0. The van der Waals surface area contributed by atoms with Gasteiger partial charge < -0.3 is 19.3 Å². The quantitative estimate of drug-likeness (QED) is 0.0560. The van der Waals surface area contributed by atoms with Crippen LogP contribution in [-0.4, -0.2) is 70.4 Å². The predicted molar refractivity (Wildman–Crippen MR) is 199 cm³/mol. The van der Waals surface area contributed by atoms with Crippen molar-refractivity contribution in [3.8, 4) is 5.75 Å². The fourth-order valence-corrected chi connectivity index (χ4v) is 11.2. The van der Waals surface area contributed by atoms with E-state index in [0.29, 0.717) is 53.9 Å². The summed E-state index contributed by atoms with van der Waals surface area (Å²) in [7, 11) is 2.12. The standard InChI is InChI=1S/C40H60F5NO4S.ClH/c1-38-20-16-33-32-13-12-31(50-36(48)25-28-17-21-46(2)22-18-28)27-30(32)26-29(37(33)34(38)14-15-35(38)47)11-8-6-4-3-5-7-9-23-51(49)24-10-19-39(41,42)40(43,44)45;/h12-13,27-29,33-35,37,47H,3-11,14-26H2,1-2H3;1H/t29-,33-,34+,35+,37-,38+,51?;/m1./s1. The normalized spacial score (nSPS) is 28.8. The molecule has 3 aliphatic carbocycles. The average molecular weight is 782 g/mol. The number of piperidine rings is 1. The first-order chi connectivity index (χ1) is 24.2. The number of carbonyl (C=O) groups excluding carboxylic acids is 1. The number of ether oxygens (including phenoxy) is 1. The molecule has 4 aliphatic rings. The van der Waals surface area contributed by atoms with Crippen LogP contribution in [0.3, 0.4) is 0 Å². The molecule has 1 aromatic carbocycles. The SMILES string of the molecule is CN1CCC(CC(=O)Oc2ccc3c(c2)C[C@@H](CCCCCCCCC[S+]([O-])CCCC(F)(F)C(F)(F)F)[C@@H]2[C@@H]3CC[C@]3(C)[C@@H](O)CC[C@@H]23)CC1.Cl. The molecule has 52 heavy (non-hydrogen) atoms. The van der Waals surface area contributed by atoms with E-state index in [1.165, 1.54) is 11.1 Å². The Morgan fingerprint density at radius 2 is 1.62 bits per heavy atom. The number of rotatable bonds is 17. The Labute approximate surface area is 317 Å². The number of aliphatic hydroxyl groups is 1. The molecule has 5 rings (SSSR count). The summed E-state index contributed by atoms with van der Waals surface area (Å²) in [6.07, 6.45) is 8.22. The third kappa shape index (κ3) is 11.0. The van der Waals surface area contributed by atoms with Crippen LogP contribution in [0.5, 0.6) is 5.75 Å². The molecule has 1 heterocycles. The van der Waals surface area contributed by atoms with Crippen LogP contribution >= 0.6 is 12.4 Å². The summed E-state index contributed by atoms with van der Waals surface area (Å²) in [4.78, 5) is 15.2. The summed E-state index contributed by atoms with van der Waals surface area (Å²) in [5.41, 5.74) is 2.72. The van der Waals surface area contributed by atoms with Gasteiger partial charge in [0.05, 0.1) is 6.10 Å². The monoisotopic (exact) mass is 781 g/mol. The van der Waals surface area contributed by atoms with Gasteiger partial charge in [0, 0.05) is 12.8 Å². The average Bonchev–Trinajstić information content (AvgIpc) is 3.37. The minimum atomic E-state index is -5.55. The van der Waals surface area contributed by atoms with E-state index in [4.69, 9.17) is 4.74 Å². The fourth-order valence-electron chi connectivity index (χ4n) is 10.0. The number of esters is 1. The van der Waals surface area contributed by atoms with Crippen molar-refractivity contribution in [1.82, 2.24) is 4.90 Å². The molecule has 0 amide bonds. The first kappa shape index (κ1) is 43.6. The number of benzene rings is 1. The van der Waals surface area contributed by atoms with Gasteiger partial charge in [-0.25, -0.2) is 0 Å². The third-order valence-corrected chi connectivity index (χ3v) is 14.6. The van der Waals surface area contributed by atoms with E-state index in [1.54, 1.807) is 0 Å². The van der Waals surface area contributed by atoms with Crippen molar-refractivity contribution in [2.45, 2.75) is 147 Å². The number of unbranched alkanes of at least 4 members (excludes halogenated alkanes) is 6. The Morgan fingerprint density at radius 3 is 2.31 bits per heavy atom. The summed E-state index contributed by atoms with van der Waals surface area (Å²) in [6, 6.07) is 6.35. The van der Waals surface area contributed by atoms with Crippen LogP contribution in [0.25, 0.3) is 0 Å². The van der Waals surface area contributed by atoms with Gasteiger partial charge in [-0.05, 0) is 149 Å². The molecule has 0 radical (unpaired) electrons. The van der Waals surface area contributed by atoms with Gasteiger partial charge in [-0.2, -0.15) is 22.0 Å². The van der Waals surface area contributed by atoms with Gasteiger partial charge in [-0.3, -0.25) is 4.79 Å². The van der Waals surface area contributed by atoms with Gasteiger partial charge >= 0.3 is 18.1 Å². The van der Waals surface area contributed by atoms with Crippen LogP contribution in [0, 0.1) is 29.1 Å². The smallest absolute Gasteiger partial charge is 0.453 e. The molecular weight excluding hydrogens is 721 g/mol. The second kappa shape index (κ2) is 19.1. The van der Waals surface area contributed by atoms with Crippen molar-refractivity contribution in [1.29, 1.82) is 0 Å². The lowest BCUT2D eigenvalue weighted by Crippen LogP contribution is -2.47. The zero-order chi connectivity index (χ0) is 36.8. The molecule has 2 saturated carbocycles. The Hall–Kier alpha value is -1.14. The zero-order valence-electron chi connectivity index (χ0n) is 31.1. The van der Waals surface area contributed by atoms with E-state index in [9.17, 15) is 36.4 Å². The van der Waals surface area contributed by atoms with Crippen molar-refractivity contribution in [2.24, 2.45) is 29.1 Å². The number of carbonyl (C=O) groups is 1. The molecule has 3 fully saturated rings. The molecule has 12 heteroatoms. The Morgan fingerprint density at radius 1 is 0.962 bits per heavy atom. The van der Waals surface area contributed by atoms with E-state index >= 15 is 0 Å². The summed E-state index contributed by atoms with van der Waals surface area (Å²) in [5, 5.41) is 11.0. The molecule has 1 unspecified atom stereocenters. The van der Waals surface area contributed by atoms with Crippen molar-refractivity contribution < 1.29 is 41.1 Å². The molecule has 7 atom stereocenters. The number of fused-ring (bicyclic) bond motifs is 5. The zero-order valence-corrected chi connectivity index (χ0v) is 32.7. The van der Waals surface area contributed by atoms with Crippen molar-refractivity contribution in [3.63, 3.8) is 0 Å². The molecule has 0 bridgehead atoms. The molecule has 5 nitrogen and oxygen atoms in total. The second-order valence-electron chi connectivity index (χ2n) is 16.6. The van der Waals surface area contributed by atoms with Crippen LogP contribution in [0.4, 0.5) is 22.0 Å². The lowest BCUT2D eigenvalue weighted by molar-refractivity contribution is -0.284. The molecule has 0 aromatic heterocycles. The summed E-state index contributed by atoms with van der Waals surface area (Å²) < 4.78 is 81.0. The second-order valence-corrected chi connectivity index (χ2v) is 18.3. The van der Waals surface area contributed by atoms with Gasteiger partial charge in [-0.1, -0.05) is 56.3 Å². The predicted octanol–water partition coefficient (Wildman–Crippen LogP) is 10.0. The maximum Gasteiger partial charge on any atom is 0.453 e. The Kier molecular flexibility index (Phi) is 16.0. The van der Waals surface area contributed by atoms with E-state index < -0.39 is 36.1 Å². The number of halogens is 6. The van der Waals surface area contributed by atoms with Crippen LogP contribution in [0.15, 0.2) is 18.2 Å². The molecule has 1 N–H and O–H groups in total. The van der Waals surface area contributed by atoms with Gasteiger partial charge in [0.2, 0.25) is 0 Å². The van der Waals surface area contributed by atoms with Crippen molar-refractivity contribution in [3.05, 3.63) is 29.3 Å². The van der Waals surface area contributed by atoms with Gasteiger partial charge in [-0.15, -0.1) is 12.4 Å². The van der Waals surface area contributed by atoms with E-state index in [0.717, 1.165) is 103 Å². The molecule has 1 aliphatic heterocycles. The van der Waals surface area contributed by atoms with E-state index in [1.807, 2.05) is 6.07 Å². The van der Waals surface area contributed by atoms with Crippen LogP contribution in [0.1, 0.15) is 133 Å². The Bertz CT molecular complexity index is 1280. The summed E-state index contributed by atoms with van der Waals surface area (Å²) in [5.74, 6) is -1.53. The summed E-state index contributed by atoms with van der Waals surface area (Å²) >= 11 is -1.37. The highest BCUT2D eigenvalue weighted by molar-refractivity contribution is 7.91. The topological polar surface area (TPSA) is 72.8 Å². The number of alkyl halides is 5. The van der Waals surface area contributed by atoms with Gasteiger partial charge in [0.1, 0.15) is 17.3 Å². The number of hydrogen-bond donors (Lipinski definition) is 1. The first-order valence-corrected chi connectivity index (χ1v) is 21.2. The van der Waals surface area contributed by atoms with E-state index in [-0.39, 0.29) is 35.6 Å². The fraction of sp³-hybridized carbons (Fsp3) is 0.825. The highest BCUT2D eigenvalue weighted by Crippen LogP contribution is 2.62. The number of hydrogen-bond acceptors (Lipinski definition) is 5. The molecule has 0 spiro atoms. The number of nitrogens with zero attached hydrogens (tertiary/aromatic N) is 1. The Balaban J connectivity index is 0.00000605. The van der Waals surface area contributed by atoms with Crippen LogP contribution < -0.4 is 4.74 Å². The van der Waals surface area contributed by atoms with Crippen LogP contribution in [0.2, 0.25) is 0 Å². The maximum absolute atomic E-state index is 13.1.